The zero-order valence-corrected chi connectivity index (χ0v) is 14.2. The van der Waals surface area contributed by atoms with E-state index >= 15 is 0 Å². The summed E-state index contributed by atoms with van der Waals surface area (Å²) in [6.45, 7) is 0.159. The fraction of sp³-hybridized carbons (Fsp3) is 0.278. The van der Waals surface area contributed by atoms with Crippen LogP contribution in [0.2, 0.25) is 5.02 Å². The third-order valence-electron chi connectivity index (χ3n) is 4.39. The van der Waals surface area contributed by atoms with E-state index in [0.29, 0.717) is 28.4 Å². The molecule has 1 N–H and O–H groups in total. The molecule has 2 heterocycles. The van der Waals surface area contributed by atoms with E-state index in [2.05, 4.69) is 15.5 Å². The Bertz CT molecular complexity index is 881. The summed E-state index contributed by atoms with van der Waals surface area (Å²) < 4.78 is 7.59. The minimum Gasteiger partial charge on any atom is -0.419 e. The maximum Gasteiger partial charge on any atom is 0.264 e. The summed E-state index contributed by atoms with van der Waals surface area (Å²) in [6.07, 6.45) is 5.24. The minimum atomic E-state index is -0.140. The van der Waals surface area contributed by atoms with Gasteiger partial charge in [0, 0.05) is 22.8 Å². The summed E-state index contributed by atoms with van der Waals surface area (Å²) in [6, 6.07) is 10.7. The Kier molecular flexibility index (Phi) is 4.28. The number of hydrogen-bond donors (Lipinski definition) is 1. The lowest BCUT2D eigenvalue weighted by Gasteiger charge is -2.20. The number of carbonyl (C=O) groups excluding carboxylic acids is 1. The number of rotatable bonds is 5. The topological polar surface area (TPSA) is 73.0 Å². The van der Waals surface area contributed by atoms with Gasteiger partial charge in [-0.05, 0) is 49.2 Å². The van der Waals surface area contributed by atoms with Crippen molar-refractivity contribution in [3.63, 3.8) is 0 Å². The number of nitrogens with one attached hydrogen (secondary N) is 1. The summed E-state index contributed by atoms with van der Waals surface area (Å²) in [7, 11) is 0. The van der Waals surface area contributed by atoms with Gasteiger partial charge < -0.3 is 14.3 Å². The number of anilines is 1. The van der Waals surface area contributed by atoms with Gasteiger partial charge in [-0.2, -0.15) is 0 Å². The number of carbonyl (C=O) groups is 1. The highest BCUT2D eigenvalue weighted by Gasteiger charge is 2.26. The largest absolute Gasteiger partial charge is 0.419 e. The molecule has 6 nitrogen and oxygen atoms in total. The molecule has 2 aromatic heterocycles. The van der Waals surface area contributed by atoms with Crippen LogP contribution in [0.5, 0.6) is 0 Å². The predicted octanol–water partition coefficient (Wildman–Crippen LogP) is 4.10. The van der Waals surface area contributed by atoms with Gasteiger partial charge in [0.15, 0.2) is 0 Å². The van der Waals surface area contributed by atoms with Gasteiger partial charge in [-0.25, -0.2) is 0 Å². The van der Waals surface area contributed by atoms with Crippen LogP contribution in [0, 0.1) is 0 Å². The molecule has 1 aromatic carbocycles. The quantitative estimate of drug-likeness (QED) is 0.747. The van der Waals surface area contributed by atoms with E-state index in [0.717, 1.165) is 18.5 Å². The molecule has 128 valence electrons. The van der Waals surface area contributed by atoms with Crippen molar-refractivity contribution in [3.8, 4) is 11.6 Å². The molecule has 4 rings (SSSR count). The van der Waals surface area contributed by atoms with Crippen LogP contribution in [0.25, 0.3) is 11.6 Å². The van der Waals surface area contributed by atoms with Crippen molar-refractivity contribution in [3.05, 3.63) is 53.5 Å². The second-order valence-electron chi connectivity index (χ2n) is 6.15. The van der Waals surface area contributed by atoms with Crippen molar-refractivity contribution in [2.75, 3.05) is 5.32 Å². The molecule has 0 aliphatic heterocycles. The number of hydrogen-bond acceptors (Lipinski definition) is 4. The molecule has 3 aromatic rings. The molecule has 1 amide bonds. The van der Waals surface area contributed by atoms with E-state index in [4.69, 9.17) is 16.0 Å². The van der Waals surface area contributed by atoms with Crippen LogP contribution >= 0.6 is 11.6 Å². The molecule has 25 heavy (non-hydrogen) atoms. The number of benzene rings is 1. The molecular formula is C18H17ClN4O2. The van der Waals surface area contributed by atoms with Crippen LogP contribution in [0.3, 0.4) is 0 Å². The molecule has 0 radical (unpaired) electrons. The standard InChI is InChI=1S/C18H17ClN4O2/c19-13-6-8-14(9-7-13)20-16(24)11-23-10-2-5-15(23)18-22-21-17(25-18)12-3-1-4-12/h2,5-10,12H,1,3-4,11H2,(H,20,24). The maximum absolute atomic E-state index is 12.3. The first-order chi connectivity index (χ1) is 12.2. The smallest absolute Gasteiger partial charge is 0.264 e. The number of amides is 1. The molecule has 0 atom stereocenters. The first-order valence-corrected chi connectivity index (χ1v) is 8.61. The number of halogens is 1. The van der Waals surface area contributed by atoms with Gasteiger partial charge in [0.1, 0.15) is 12.2 Å². The highest BCUT2D eigenvalue weighted by molar-refractivity contribution is 6.30. The lowest BCUT2D eigenvalue weighted by Crippen LogP contribution is -2.18. The van der Waals surface area contributed by atoms with Crippen LogP contribution < -0.4 is 5.32 Å². The Labute approximate surface area is 149 Å². The average Bonchev–Trinajstić information content (AvgIpc) is 3.17. The van der Waals surface area contributed by atoms with Crippen LogP contribution in [0.15, 0.2) is 47.0 Å². The van der Waals surface area contributed by atoms with Crippen LogP contribution in [0.1, 0.15) is 31.1 Å². The molecule has 1 aliphatic rings. The summed E-state index contributed by atoms with van der Waals surface area (Å²) in [5, 5.41) is 11.8. The molecule has 0 bridgehead atoms. The van der Waals surface area contributed by atoms with E-state index in [1.807, 2.05) is 18.3 Å². The van der Waals surface area contributed by atoms with Crippen molar-refractivity contribution in [2.45, 2.75) is 31.7 Å². The van der Waals surface area contributed by atoms with Crippen LogP contribution in [-0.4, -0.2) is 20.7 Å². The number of nitrogens with zero attached hydrogens (tertiary/aromatic N) is 3. The molecule has 1 aliphatic carbocycles. The highest BCUT2D eigenvalue weighted by atomic mass is 35.5. The first kappa shape index (κ1) is 15.9. The van der Waals surface area contributed by atoms with Gasteiger partial charge in [-0.1, -0.05) is 18.0 Å². The molecule has 0 saturated heterocycles. The van der Waals surface area contributed by atoms with Crippen molar-refractivity contribution < 1.29 is 9.21 Å². The van der Waals surface area contributed by atoms with Crippen molar-refractivity contribution in [2.24, 2.45) is 0 Å². The Balaban J connectivity index is 1.46. The third kappa shape index (κ3) is 3.44. The monoisotopic (exact) mass is 356 g/mol. The molecule has 7 heteroatoms. The Morgan fingerprint density at radius 1 is 1.24 bits per heavy atom. The van der Waals surface area contributed by atoms with Gasteiger partial charge in [0.2, 0.25) is 11.8 Å². The lowest BCUT2D eigenvalue weighted by molar-refractivity contribution is -0.116. The summed E-state index contributed by atoms with van der Waals surface area (Å²) >= 11 is 5.85. The van der Waals surface area contributed by atoms with Gasteiger partial charge in [0.05, 0.1) is 0 Å². The summed E-state index contributed by atoms with van der Waals surface area (Å²) in [4.78, 5) is 12.3. The minimum absolute atomic E-state index is 0.140. The van der Waals surface area contributed by atoms with Crippen molar-refractivity contribution >= 4 is 23.2 Å². The fourth-order valence-electron chi connectivity index (χ4n) is 2.79. The Morgan fingerprint density at radius 3 is 2.76 bits per heavy atom. The zero-order chi connectivity index (χ0) is 17.2. The van der Waals surface area contributed by atoms with E-state index in [9.17, 15) is 4.79 Å². The van der Waals surface area contributed by atoms with Crippen LogP contribution in [-0.2, 0) is 11.3 Å². The third-order valence-corrected chi connectivity index (χ3v) is 4.64. The molecule has 1 fully saturated rings. The molecular weight excluding hydrogens is 340 g/mol. The second kappa shape index (κ2) is 6.72. The van der Waals surface area contributed by atoms with Crippen LogP contribution in [0.4, 0.5) is 5.69 Å². The van der Waals surface area contributed by atoms with E-state index < -0.39 is 0 Å². The van der Waals surface area contributed by atoms with E-state index in [1.165, 1.54) is 6.42 Å². The predicted molar refractivity (Wildman–Crippen MR) is 94.4 cm³/mol. The van der Waals surface area contributed by atoms with Gasteiger partial charge in [0.25, 0.3) is 5.89 Å². The Hall–Kier alpha value is -2.60. The van der Waals surface area contributed by atoms with E-state index in [1.54, 1.807) is 28.8 Å². The lowest BCUT2D eigenvalue weighted by atomic mass is 9.85. The fourth-order valence-corrected chi connectivity index (χ4v) is 2.92. The zero-order valence-electron chi connectivity index (χ0n) is 13.5. The average molecular weight is 357 g/mol. The Morgan fingerprint density at radius 2 is 2.04 bits per heavy atom. The SMILES string of the molecule is O=C(Cn1cccc1-c1nnc(C2CCC2)o1)Nc1ccc(Cl)cc1. The normalized spacial score (nSPS) is 14.3. The number of aromatic nitrogens is 3. The van der Waals surface area contributed by atoms with Crippen molar-refractivity contribution in [1.29, 1.82) is 0 Å². The molecule has 1 saturated carbocycles. The molecule has 0 unspecified atom stereocenters. The van der Waals surface area contributed by atoms with Crippen molar-refractivity contribution in [1.82, 2.24) is 14.8 Å². The van der Waals surface area contributed by atoms with E-state index in [-0.39, 0.29) is 12.5 Å². The molecule has 0 spiro atoms. The first-order valence-electron chi connectivity index (χ1n) is 8.23. The van der Waals surface area contributed by atoms with Gasteiger partial charge >= 0.3 is 0 Å². The highest BCUT2D eigenvalue weighted by Crippen LogP contribution is 2.36. The van der Waals surface area contributed by atoms with Gasteiger partial charge in [-0.15, -0.1) is 10.2 Å². The summed E-state index contributed by atoms with van der Waals surface area (Å²) in [5.74, 6) is 1.39. The second-order valence-corrected chi connectivity index (χ2v) is 6.59. The maximum atomic E-state index is 12.3. The summed E-state index contributed by atoms with van der Waals surface area (Å²) in [5.41, 5.74) is 1.44. The van der Waals surface area contributed by atoms with Gasteiger partial charge in [-0.3, -0.25) is 4.79 Å².